The first kappa shape index (κ1) is 35.5. The van der Waals surface area contributed by atoms with Crippen molar-refractivity contribution in [1.29, 1.82) is 0 Å². The van der Waals surface area contributed by atoms with E-state index in [4.69, 9.17) is 18.9 Å². The maximum absolute atomic E-state index is 15.3. The summed E-state index contributed by atoms with van der Waals surface area (Å²) < 4.78 is 24.5. The number of hydrogen-bond acceptors (Lipinski definition) is 10. The predicted molar refractivity (Wildman–Crippen MR) is 208 cm³/mol. The Morgan fingerprint density at radius 2 is 1.82 bits per heavy atom. The Labute approximate surface area is 322 Å². The summed E-state index contributed by atoms with van der Waals surface area (Å²) in [5, 5.41) is 14.0. The van der Waals surface area contributed by atoms with Gasteiger partial charge in [-0.25, -0.2) is 4.79 Å². The average molecular weight is 751 g/mol. The molecule has 55 heavy (non-hydrogen) atoms. The second-order valence-electron chi connectivity index (χ2n) is 17.7. The van der Waals surface area contributed by atoms with Gasteiger partial charge in [-0.3, -0.25) is 14.6 Å². The van der Waals surface area contributed by atoms with Crippen molar-refractivity contribution in [2.75, 3.05) is 66.0 Å². The van der Waals surface area contributed by atoms with Crippen LogP contribution in [0.25, 0.3) is 10.9 Å². The number of epoxide rings is 1. The lowest BCUT2D eigenvalue weighted by atomic mass is 9.49. The van der Waals surface area contributed by atoms with Crippen molar-refractivity contribution in [3.05, 3.63) is 70.9 Å². The van der Waals surface area contributed by atoms with Crippen LogP contribution < -0.4 is 9.64 Å². The minimum atomic E-state index is -1.79. The molecule has 0 amide bonds. The van der Waals surface area contributed by atoms with Crippen LogP contribution in [0.2, 0.25) is 0 Å². The third-order valence-electron chi connectivity index (χ3n) is 15.6. The van der Waals surface area contributed by atoms with Crippen molar-refractivity contribution in [3.8, 4) is 5.75 Å². The van der Waals surface area contributed by atoms with Gasteiger partial charge in [0.1, 0.15) is 16.8 Å². The molecule has 1 aromatic heterocycles. The molecule has 3 aromatic rings. The minimum Gasteiger partial charge on any atom is -0.496 e. The molecule has 7 aliphatic rings. The number of methoxy groups -OCH3 is 3. The van der Waals surface area contributed by atoms with Gasteiger partial charge in [0, 0.05) is 89.9 Å². The van der Waals surface area contributed by atoms with E-state index in [0.29, 0.717) is 12.2 Å². The molecule has 10 unspecified atom stereocenters. The lowest BCUT2D eigenvalue weighted by Crippen LogP contribution is -2.74. The molecular weight excluding hydrogens is 697 g/mol. The largest absolute Gasteiger partial charge is 0.496 e. The number of H-pyrrole nitrogens is 1. The van der Waals surface area contributed by atoms with E-state index in [2.05, 4.69) is 76.0 Å². The van der Waals surface area contributed by atoms with Gasteiger partial charge in [-0.05, 0) is 68.3 Å². The summed E-state index contributed by atoms with van der Waals surface area (Å²) >= 11 is 0. The van der Waals surface area contributed by atoms with E-state index in [1.165, 1.54) is 14.2 Å². The number of carbonyl (C=O) groups excluding carboxylic acids is 2. The highest BCUT2D eigenvalue weighted by atomic mass is 16.6. The van der Waals surface area contributed by atoms with E-state index in [-0.39, 0.29) is 36.1 Å². The van der Waals surface area contributed by atoms with E-state index in [9.17, 15) is 9.90 Å². The maximum atomic E-state index is 15.3. The van der Waals surface area contributed by atoms with E-state index >= 15 is 4.79 Å². The van der Waals surface area contributed by atoms with Crippen LogP contribution in [-0.2, 0) is 41.1 Å². The number of piperidine rings is 1. The van der Waals surface area contributed by atoms with Crippen LogP contribution in [0, 0.1) is 11.3 Å². The molecule has 7 heterocycles. The van der Waals surface area contributed by atoms with Crippen LogP contribution in [0.1, 0.15) is 68.3 Å². The zero-order chi connectivity index (χ0) is 38.3. The number of likely N-dealkylation sites (N-methyl/N-ethyl adjacent to an activating group) is 1. The lowest BCUT2D eigenvalue weighted by Gasteiger charge is -2.60. The standard InChI is InChI=1S/C44H54N4O7/c1-7-40-15-11-17-48-19-16-42(36(40)48)29-20-30(33(52-4)21-32(29)46(3)37(42)44(51,24-40)39(50)54-6)43(38(49)53-5)22-26-23-47(25-41(8-2)35(26)55-41)18-14-28-27-12-9-10-13-31(27)45-34(28)43/h9-13,15,20-21,26,35-37,45,51H,7-8,14,16-19,22-25H2,1-6H3. The second kappa shape index (κ2) is 11.8. The summed E-state index contributed by atoms with van der Waals surface area (Å²) in [5.74, 6) is -0.327. The van der Waals surface area contributed by atoms with Crippen molar-refractivity contribution in [3.63, 3.8) is 0 Å². The Balaban J connectivity index is 1.27. The highest BCUT2D eigenvalue weighted by Crippen LogP contribution is 2.68. The molecule has 3 saturated heterocycles. The van der Waals surface area contributed by atoms with Gasteiger partial charge in [-0.2, -0.15) is 0 Å². The molecule has 1 saturated carbocycles. The number of ether oxygens (including phenoxy) is 4. The minimum absolute atomic E-state index is 0.0186. The van der Waals surface area contributed by atoms with Gasteiger partial charge in [-0.15, -0.1) is 0 Å². The van der Waals surface area contributed by atoms with Crippen LogP contribution in [-0.4, -0.2) is 122 Å². The average Bonchev–Trinajstić information content (AvgIpc) is 3.48. The Bertz CT molecular complexity index is 2150. The monoisotopic (exact) mass is 750 g/mol. The number of benzene rings is 2. The zero-order valence-corrected chi connectivity index (χ0v) is 32.9. The number of nitrogens with zero attached hydrogens (tertiary/aromatic N) is 3. The normalized spacial score (nSPS) is 39.5. The lowest BCUT2D eigenvalue weighted by molar-refractivity contribution is -0.181. The second-order valence-corrected chi connectivity index (χ2v) is 17.7. The smallest absolute Gasteiger partial charge is 0.340 e. The number of aliphatic hydroxyl groups is 1. The Morgan fingerprint density at radius 3 is 2.56 bits per heavy atom. The Kier molecular flexibility index (Phi) is 7.63. The molecule has 11 nitrogen and oxygen atoms in total. The number of esters is 2. The van der Waals surface area contributed by atoms with Crippen LogP contribution in [0.3, 0.4) is 0 Å². The van der Waals surface area contributed by atoms with Gasteiger partial charge in [0.2, 0.25) is 0 Å². The summed E-state index contributed by atoms with van der Waals surface area (Å²) in [4.78, 5) is 40.3. The summed E-state index contributed by atoms with van der Waals surface area (Å²) in [6, 6.07) is 12.0. The molecule has 10 atom stereocenters. The molecule has 1 spiro atoms. The van der Waals surface area contributed by atoms with E-state index in [0.717, 1.165) is 97.4 Å². The third kappa shape index (κ3) is 4.30. The van der Waals surface area contributed by atoms with Crippen LogP contribution >= 0.6 is 0 Å². The molecule has 2 N–H and O–H groups in total. The fourth-order valence-electron chi connectivity index (χ4n) is 13.5. The molecular formula is C44H54N4O7. The topological polar surface area (TPSA) is 120 Å². The molecule has 1 aliphatic carbocycles. The number of fused-ring (bicyclic) bond motifs is 8. The number of nitrogens with one attached hydrogen (secondary N) is 1. The predicted octanol–water partition coefficient (Wildman–Crippen LogP) is 4.47. The highest BCUT2D eigenvalue weighted by molar-refractivity contribution is 5.94. The van der Waals surface area contributed by atoms with Crippen LogP contribution in [0.5, 0.6) is 5.75 Å². The first-order chi connectivity index (χ1) is 26.5. The highest BCUT2D eigenvalue weighted by Gasteiger charge is 2.75. The molecule has 2 bridgehead atoms. The summed E-state index contributed by atoms with van der Waals surface area (Å²) in [7, 11) is 6.52. The van der Waals surface area contributed by atoms with Crippen molar-refractivity contribution in [1.82, 2.24) is 14.8 Å². The first-order valence-electron chi connectivity index (χ1n) is 20.3. The number of para-hydroxylation sites is 1. The van der Waals surface area contributed by atoms with Crippen molar-refractivity contribution < 1.29 is 33.6 Å². The molecule has 10 rings (SSSR count). The number of aromatic nitrogens is 1. The SMILES string of the molecule is CCC12C=CCN3CCC4(c5cc(C6(C(=O)OC)CC7CN(CCc8c6[nH]c6ccccc86)CC6(CC)OC76)c(OC)cc5N(C)C4C(O)(C(=O)OC)C1)C32. The molecule has 0 radical (unpaired) electrons. The molecule has 2 aromatic carbocycles. The summed E-state index contributed by atoms with van der Waals surface area (Å²) in [6.07, 6.45) is 8.40. The fourth-order valence-corrected chi connectivity index (χ4v) is 13.5. The van der Waals surface area contributed by atoms with Gasteiger partial charge in [0.05, 0.1) is 33.5 Å². The Hall–Kier alpha value is -3.90. The van der Waals surface area contributed by atoms with Gasteiger partial charge < -0.3 is 33.9 Å². The maximum Gasteiger partial charge on any atom is 0.340 e. The zero-order valence-electron chi connectivity index (χ0n) is 32.9. The van der Waals surface area contributed by atoms with Crippen molar-refractivity contribution in [2.24, 2.45) is 11.3 Å². The molecule has 11 heteroatoms. The van der Waals surface area contributed by atoms with Crippen molar-refractivity contribution in [2.45, 2.75) is 92.6 Å². The van der Waals surface area contributed by atoms with Gasteiger partial charge in [0.15, 0.2) is 5.60 Å². The fraction of sp³-hybridized carbons (Fsp3) is 0.591. The van der Waals surface area contributed by atoms with E-state index in [1.807, 2.05) is 13.1 Å². The first-order valence-corrected chi connectivity index (χ1v) is 20.3. The number of aromatic amines is 1. The third-order valence-corrected chi connectivity index (χ3v) is 15.6. The van der Waals surface area contributed by atoms with Gasteiger partial charge in [-0.1, -0.05) is 44.2 Å². The number of anilines is 1. The van der Waals surface area contributed by atoms with Gasteiger partial charge in [0.25, 0.3) is 0 Å². The number of hydrogen-bond donors (Lipinski definition) is 2. The van der Waals surface area contributed by atoms with Crippen LogP contribution in [0.4, 0.5) is 5.69 Å². The molecule has 292 valence electrons. The van der Waals surface area contributed by atoms with Gasteiger partial charge >= 0.3 is 11.9 Å². The van der Waals surface area contributed by atoms with E-state index in [1.54, 1.807) is 7.11 Å². The Morgan fingerprint density at radius 1 is 1.02 bits per heavy atom. The molecule has 4 fully saturated rings. The summed E-state index contributed by atoms with van der Waals surface area (Å²) in [6.45, 7) is 8.58. The van der Waals surface area contributed by atoms with Crippen molar-refractivity contribution >= 4 is 28.5 Å². The summed E-state index contributed by atoms with van der Waals surface area (Å²) in [5.41, 5.74) is 1.20. The number of rotatable bonds is 6. The quantitative estimate of drug-likeness (QED) is 0.212. The molecule has 6 aliphatic heterocycles. The van der Waals surface area contributed by atoms with E-state index < -0.39 is 33.9 Å². The van der Waals surface area contributed by atoms with Crippen LogP contribution in [0.15, 0.2) is 48.6 Å². The number of carbonyl (C=O) groups is 2.